The molecule has 1 unspecified atom stereocenters. The number of rotatable bonds is 2. The van der Waals surface area contributed by atoms with Gasteiger partial charge in [0.2, 0.25) is 5.91 Å². The first-order chi connectivity index (χ1) is 8.52. The van der Waals surface area contributed by atoms with Gasteiger partial charge in [-0.15, -0.1) is 0 Å². The van der Waals surface area contributed by atoms with E-state index in [0.717, 1.165) is 6.42 Å². The number of ether oxygens (including phenoxy) is 1. The molecular formula is C14H17NO3. The minimum Gasteiger partial charge on any atom is -0.486 e. The Labute approximate surface area is 107 Å². The molecule has 0 bridgehead atoms. The van der Waals surface area contributed by atoms with E-state index >= 15 is 0 Å². The fraction of sp³-hybridized carbons (Fsp3) is 0.429. The molecule has 1 heterocycles. The summed E-state index contributed by atoms with van der Waals surface area (Å²) < 4.78 is 5.79. The highest BCUT2D eigenvalue weighted by atomic mass is 16.5. The van der Waals surface area contributed by atoms with E-state index in [1.807, 2.05) is 6.92 Å². The number of hydrogen-bond donors (Lipinski definition) is 0. The van der Waals surface area contributed by atoms with Gasteiger partial charge in [-0.05, 0) is 31.5 Å². The standard InChI is InChI=1S/C14H17NO3/c1-4-12-8-15(10(3)17)13-7-11(9(2)16)5-6-14(13)18-12/h5-7,12H,4,8H2,1-3H3. The Balaban J connectivity index is 2.46. The number of anilines is 1. The average Bonchev–Trinajstić information content (AvgIpc) is 2.36. The highest BCUT2D eigenvalue weighted by Gasteiger charge is 2.27. The van der Waals surface area contributed by atoms with Gasteiger partial charge in [0.1, 0.15) is 11.9 Å². The van der Waals surface area contributed by atoms with Gasteiger partial charge in [0.25, 0.3) is 0 Å². The molecular weight excluding hydrogens is 230 g/mol. The fourth-order valence-electron chi connectivity index (χ4n) is 2.08. The second-order valence-corrected chi connectivity index (χ2v) is 4.52. The van der Waals surface area contributed by atoms with Crippen molar-refractivity contribution < 1.29 is 14.3 Å². The van der Waals surface area contributed by atoms with E-state index in [2.05, 4.69) is 0 Å². The van der Waals surface area contributed by atoms with Gasteiger partial charge < -0.3 is 9.64 Å². The lowest BCUT2D eigenvalue weighted by Gasteiger charge is -2.34. The third-order valence-corrected chi connectivity index (χ3v) is 3.17. The van der Waals surface area contributed by atoms with E-state index in [0.29, 0.717) is 23.5 Å². The molecule has 0 N–H and O–H groups in total. The number of fused-ring (bicyclic) bond motifs is 1. The lowest BCUT2D eigenvalue weighted by molar-refractivity contribution is -0.117. The Morgan fingerprint density at radius 2 is 2.11 bits per heavy atom. The molecule has 4 heteroatoms. The third kappa shape index (κ3) is 2.23. The van der Waals surface area contributed by atoms with E-state index in [9.17, 15) is 9.59 Å². The Morgan fingerprint density at radius 1 is 1.39 bits per heavy atom. The van der Waals surface area contributed by atoms with Gasteiger partial charge >= 0.3 is 0 Å². The molecule has 0 fully saturated rings. The highest BCUT2D eigenvalue weighted by molar-refractivity contribution is 5.99. The smallest absolute Gasteiger partial charge is 0.224 e. The van der Waals surface area contributed by atoms with Gasteiger partial charge in [-0.2, -0.15) is 0 Å². The van der Waals surface area contributed by atoms with Gasteiger partial charge in [0.05, 0.1) is 12.2 Å². The summed E-state index contributed by atoms with van der Waals surface area (Å²) >= 11 is 0. The average molecular weight is 247 g/mol. The van der Waals surface area contributed by atoms with Crippen LogP contribution in [0.1, 0.15) is 37.6 Å². The van der Waals surface area contributed by atoms with Crippen LogP contribution >= 0.6 is 0 Å². The quantitative estimate of drug-likeness (QED) is 0.754. The maximum Gasteiger partial charge on any atom is 0.224 e. The number of hydrogen-bond acceptors (Lipinski definition) is 3. The number of nitrogens with zero attached hydrogens (tertiary/aromatic N) is 1. The van der Waals surface area contributed by atoms with Gasteiger partial charge in [-0.3, -0.25) is 9.59 Å². The summed E-state index contributed by atoms with van der Waals surface area (Å²) in [7, 11) is 0. The molecule has 0 radical (unpaired) electrons. The van der Waals surface area contributed by atoms with Crippen LogP contribution < -0.4 is 9.64 Å². The number of Topliss-reactive ketones (excluding diaryl/α,β-unsaturated/α-hetero) is 1. The number of carbonyl (C=O) groups is 2. The minimum atomic E-state index is -0.0290. The van der Waals surface area contributed by atoms with Crippen molar-refractivity contribution >= 4 is 17.4 Å². The first-order valence-electron chi connectivity index (χ1n) is 6.12. The second kappa shape index (κ2) is 4.80. The molecule has 96 valence electrons. The molecule has 0 saturated carbocycles. The molecule has 18 heavy (non-hydrogen) atoms. The first kappa shape index (κ1) is 12.6. The Kier molecular flexibility index (Phi) is 3.36. The zero-order valence-electron chi connectivity index (χ0n) is 10.9. The second-order valence-electron chi connectivity index (χ2n) is 4.52. The van der Waals surface area contributed by atoms with Crippen LogP contribution in [0.15, 0.2) is 18.2 Å². The largest absolute Gasteiger partial charge is 0.486 e. The fourth-order valence-corrected chi connectivity index (χ4v) is 2.08. The Bertz CT molecular complexity index is 496. The van der Waals surface area contributed by atoms with Crippen LogP contribution in [0.5, 0.6) is 5.75 Å². The minimum absolute atomic E-state index is 0.0149. The molecule has 1 aliphatic heterocycles. The summed E-state index contributed by atoms with van der Waals surface area (Å²) in [4.78, 5) is 24.8. The Hall–Kier alpha value is -1.84. The zero-order chi connectivity index (χ0) is 13.3. The third-order valence-electron chi connectivity index (χ3n) is 3.17. The maximum absolute atomic E-state index is 11.7. The summed E-state index contributed by atoms with van der Waals surface area (Å²) in [6, 6.07) is 5.23. The zero-order valence-corrected chi connectivity index (χ0v) is 10.9. The van der Waals surface area contributed by atoms with Crippen LogP contribution in [0.2, 0.25) is 0 Å². The molecule has 0 aliphatic carbocycles. The van der Waals surface area contributed by atoms with Gasteiger partial charge in [-0.1, -0.05) is 6.92 Å². The summed E-state index contributed by atoms with van der Waals surface area (Å²) in [6.45, 7) is 5.61. The maximum atomic E-state index is 11.7. The molecule has 0 saturated heterocycles. The van der Waals surface area contributed by atoms with Gasteiger partial charge in [0, 0.05) is 12.5 Å². The predicted molar refractivity (Wildman–Crippen MR) is 69.2 cm³/mol. The van der Waals surface area contributed by atoms with Gasteiger partial charge in [0.15, 0.2) is 5.78 Å². The van der Waals surface area contributed by atoms with Crippen molar-refractivity contribution in [3.05, 3.63) is 23.8 Å². The number of amides is 1. The molecule has 1 aliphatic rings. The lowest BCUT2D eigenvalue weighted by Crippen LogP contribution is -2.42. The number of carbonyl (C=O) groups excluding carboxylic acids is 2. The van der Waals surface area contributed by atoms with E-state index in [-0.39, 0.29) is 17.8 Å². The van der Waals surface area contributed by atoms with Crippen LogP contribution in [0.4, 0.5) is 5.69 Å². The van der Waals surface area contributed by atoms with E-state index < -0.39 is 0 Å². The first-order valence-corrected chi connectivity index (χ1v) is 6.12. The molecule has 2 rings (SSSR count). The van der Waals surface area contributed by atoms with Crippen molar-refractivity contribution in [2.75, 3.05) is 11.4 Å². The SMILES string of the molecule is CCC1CN(C(C)=O)c2cc(C(C)=O)ccc2O1. The molecule has 4 nitrogen and oxygen atoms in total. The molecule has 1 atom stereocenters. The lowest BCUT2D eigenvalue weighted by atomic mass is 10.1. The van der Waals surface area contributed by atoms with Crippen LogP contribution in [-0.4, -0.2) is 24.3 Å². The highest BCUT2D eigenvalue weighted by Crippen LogP contribution is 2.35. The number of benzene rings is 1. The summed E-state index contributed by atoms with van der Waals surface area (Å²) in [6.07, 6.45) is 0.863. The normalized spacial score (nSPS) is 17.9. The molecule has 1 aromatic carbocycles. The van der Waals surface area contributed by atoms with E-state index in [1.165, 1.54) is 13.8 Å². The van der Waals surface area contributed by atoms with Crippen molar-refractivity contribution in [2.45, 2.75) is 33.3 Å². The molecule has 1 aromatic rings. The van der Waals surface area contributed by atoms with Crippen LogP contribution in [0.25, 0.3) is 0 Å². The molecule has 1 amide bonds. The van der Waals surface area contributed by atoms with Crippen molar-refractivity contribution in [3.8, 4) is 5.75 Å². The van der Waals surface area contributed by atoms with Crippen molar-refractivity contribution in [1.82, 2.24) is 0 Å². The Morgan fingerprint density at radius 3 is 2.67 bits per heavy atom. The number of ketones is 1. The molecule has 0 spiro atoms. The monoisotopic (exact) mass is 247 g/mol. The molecule has 0 aromatic heterocycles. The van der Waals surface area contributed by atoms with E-state index in [1.54, 1.807) is 23.1 Å². The van der Waals surface area contributed by atoms with Crippen molar-refractivity contribution in [1.29, 1.82) is 0 Å². The van der Waals surface area contributed by atoms with Crippen molar-refractivity contribution in [3.63, 3.8) is 0 Å². The van der Waals surface area contributed by atoms with Crippen molar-refractivity contribution in [2.24, 2.45) is 0 Å². The van der Waals surface area contributed by atoms with Crippen LogP contribution in [0.3, 0.4) is 0 Å². The predicted octanol–water partition coefficient (Wildman–Crippen LogP) is 2.41. The summed E-state index contributed by atoms with van der Waals surface area (Å²) in [5, 5.41) is 0. The topological polar surface area (TPSA) is 46.6 Å². The summed E-state index contributed by atoms with van der Waals surface area (Å²) in [5.74, 6) is 0.630. The van der Waals surface area contributed by atoms with Crippen LogP contribution in [0, 0.1) is 0 Å². The van der Waals surface area contributed by atoms with Crippen LogP contribution in [-0.2, 0) is 4.79 Å². The summed E-state index contributed by atoms with van der Waals surface area (Å²) in [5.41, 5.74) is 1.29. The van der Waals surface area contributed by atoms with Gasteiger partial charge in [-0.25, -0.2) is 0 Å². The van der Waals surface area contributed by atoms with E-state index in [4.69, 9.17) is 4.74 Å².